The molecule has 0 fully saturated rings. The van der Waals surface area contributed by atoms with Crippen molar-refractivity contribution in [3.05, 3.63) is 47.2 Å². The highest BCUT2D eigenvalue weighted by molar-refractivity contribution is 5.69. The van der Waals surface area contributed by atoms with Crippen LogP contribution < -0.4 is 0 Å². The number of halogens is 3. The molecule has 2 aliphatic rings. The Morgan fingerprint density at radius 1 is 1.27 bits per heavy atom. The number of hydrogen-bond acceptors (Lipinski definition) is 4. The predicted molar refractivity (Wildman–Crippen MR) is 73.1 cm³/mol. The zero-order valence-corrected chi connectivity index (χ0v) is 12.4. The maximum absolute atomic E-state index is 13.3. The second-order valence-corrected chi connectivity index (χ2v) is 5.11. The zero-order valence-electron chi connectivity index (χ0n) is 12.4. The molecule has 0 bridgehead atoms. The van der Waals surface area contributed by atoms with E-state index in [-0.39, 0.29) is 5.76 Å². The van der Waals surface area contributed by atoms with E-state index in [0.29, 0.717) is 5.70 Å². The van der Waals surface area contributed by atoms with Crippen molar-refractivity contribution < 1.29 is 27.4 Å². The molecule has 2 aliphatic heterocycles. The van der Waals surface area contributed by atoms with Crippen molar-refractivity contribution in [1.82, 2.24) is 4.90 Å². The molecule has 0 atom stereocenters. The molecule has 0 spiro atoms. The molecule has 0 aliphatic carbocycles. The van der Waals surface area contributed by atoms with E-state index in [9.17, 15) is 18.0 Å². The molecule has 7 heteroatoms. The lowest BCUT2D eigenvalue weighted by Gasteiger charge is -2.34. The Morgan fingerprint density at radius 2 is 1.95 bits per heavy atom. The van der Waals surface area contributed by atoms with E-state index >= 15 is 0 Å². The highest BCUT2D eigenvalue weighted by atomic mass is 19.4. The van der Waals surface area contributed by atoms with E-state index in [1.807, 2.05) is 0 Å². The van der Waals surface area contributed by atoms with Crippen molar-refractivity contribution in [1.29, 1.82) is 0 Å². The fraction of sp³-hybridized carbons (Fsp3) is 0.400. The Balaban J connectivity index is 2.61. The molecule has 0 aromatic carbocycles. The molecule has 0 saturated heterocycles. The van der Waals surface area contributed by atoms with Crippen LogP contribution in [0.15, 0.2) is 47.2 Å². The van der Waals surface area contributed by atoms with Gasteiger partial charge in [0.2, 0.25) is 0 Å². The van der Waals surface area contributed by atoms with E-state index in [1.165, 1.54) is 11.1 Å². The number of allylic oxidation sites excluding steroid dienone is 3. The maximum Gasteiger partial charge on any atom is 0.418 e. The van der Waals surface area contributed by atoms with Gasteiger partial charge in [0.15, 0.2) is 11.5 Å². The summed E-state index contributed by atoms with van der Waals surface area (Å²) in [4.78, 5) is 12.7. The van der Waals surface area contributed by atoms with Gasteiger partial charge in [0.25, 0.3) is 0 Å². The summed E-state index contributed by atoms with van der Waals surface area (Å²) in [5.74, 6) is -1.34. The topological polar surface area (TPSA) is 38.8 Å². The van der Waals surface area contributed by atoms with Crippen molar-refractivity contribution >= 4 is 5.97 Å². The van der Waals surface area contributed by atoms with Gasteiger partial charge in [-0.15, -0.1) is 0 Å². The monoisotopic (exact) mass is 315 g/mol. The van der Waals surface area contributed by atoms with Crippen LogP contribution in [0.5, 0.6) is 0 Å². The van der Waals surface area contributed by atoms with Gasteiger partial charge in [0.1, 0.15) is 0 Å². The van der Waals surface area contributed by atoms with E-state index in [4.69, 9.17) is 9.47 Å². The molecule has 0 unspecified atom stereocenters. The minimum atomic E-state index is -4.59. The van der Waals surface area contributed by atoms with Crippen molar-refractivity contribution in [3.63, 3.8) is 0 Å². The Labute approximate surface area is 126 Å². The van der Waals surface area contributed by atoms with Gasteiger partial charge >= 0.3 is 12.1 Å². The van der Waals surface area contributed by atoms with E-state index in [1.54, 1.807) is 32.1 Å². The van der Waals surface area contributed by atoms with Gasteiger partial charge in [-0.25, -0.2) is 0 Å². The molecule has 4 nitrogen and oxygen atoms in total. The second kappa shape index (κ2) is 5.90. The summed E-state index contributed by atoms with van der Waals surface area (Å²) < 4.78 is 50.4. The quantitative estimate of drug-likeness (QED) is 0.748. The lowest BCUT2D eigenvalue weighted by atomic mass is 10.0. The largest absolute Gasteiger partial charge is 0.487 e. The van der Waals surface area contributed by atoms with Gasteiger partial charge in [-0.2, -0.15) is 13.2 Å². The van der Waals surface area contributed by atoms with Crippen molar-refractivity contribution in [2.75, 3.05) is 6.54 Å². The van der Waals surface area contributed by atoms with Crippen LogP contribution in [0.1, 0.15) is 20.8 Å². The number of rotatable bonds is 3. The van der Waals surface area contributed by atoms with Crippen molar-refractivity contribution in [2.45, 2.75) is 33.1 Å². The lowest BCUT2D eigenvalue weighted by molar-refractivity contribution is -0.138. The highest BCUT2D eigenvalue weighted by Crippen LogP contribution is 2.39. The Hall–Kier alpha value is -2.18. The number of carbonyl (C=O) groups excluding carboxylic acids is 1. The average molecular weight is 315 g/mol. The third-order valence-electron chi connectivity index (χ3n) is 2.92. The van der Waals surface area contributed by atoms with Crippen LogP contribution in [0, 0.1) is 0 Å². The van der Waals surface area contributed by atoms with Gasteiger partial charge in [-0.3, -0.25) is 4.79 Å². The predicted octanol–water partition coefficient (Wildman–Crippen LogP) is 3.40. The minimum absolute atomic E-state index is 0.208. The third kappa shape index (κ3) is 3.35. The van der Waals surface area contributed by atoms with E-state index in [0.717, 1.165) is 6.92 Å². The Kier molecular flexibility index (Phi) is 4.35. The van der Waals surface area contributed by atoms with Crippen LogP contribution in [-0.4, -0.2) is 29.7 Å². The van der Waals surface area contributed by atoms with E-state index in [2.05, 4.69) is 0 Å². The summed E-state index contributed by atoms with van der Waals surface area (Å²) in [6, 6.07) is 0. The molecule has 2 rings (SSSR count). The number of nitrogens with zero attached hydrogens (tertiary/aromatic N) is 1. The van der Waals surface area contributed by atoms with Crippen LogP contribution in [0.25, 0.3) is 0 Å². The number of esters is 1. The normalized spacial score (nSPS) is 18.0. The standard InChI is InChI=1S/C15H16F3NO3/c1-9(2)21-13-11(15(16,17)18)8-19-7-5-4-6-12(19)14(13)22-10(3)20/h4-7,9H,8H2,1-3H3. The first-order chi connectivity index (χ1) is 10.2. The summed E-state index contributed by atoms with van der Waals surface area (Å²) >= 11 is 0. The fourth-order valence-electron chi connectivity index (χ4n) is 2.14. The number of fused-ring (bicyclic) bond motifs is 1. The molecule has 0 radical (unpaired) electrons. The van der Waals surface area contributed by atoms with E-state index < -0.39 is 36.1 Å². The highest BCUT2D eigenvalue weighted by Gasteiger charge is 2.43. The van der Waals surface area contributed by atoms with Crippen LogP contribution in [-0.2, 0) is 14.3 Å². The van der Waals surface area contributed by atoms with Gasteiger partial charge < -0.3 is 14.4 Å². The maximum atomic E-state index is 13.3. The molecular formula is C15H16F3NO3. The van der Waals surface area contributed by atoms with Gasteiger partial charge in [-0.1, -0.05) is 6.08 Å². The van der Waals surface area contributed by atoms with Crippen LogP contribution in [0.3, 0.4) is 0 Å². The first-order valence-corrected chi connectivity index (χ1v) is 6.71. The molecule has 0 aromatic rings. The summed E-state index contributed by atoms with van der Waals surface area (Å²) in [5.41, 5.74) is -0.512. The smallest absolute Gasteiger partial charge is 0.418 e. The van der Waals surface area contributed by atoms with Crippen molar-refractivity contribution in [3.8, 4) is 0 Å². The number of ether oxygens (including phenoxy) is 2. The SMILES string of the molecule is CC(=O)OC1=C2C=CC=CN2CC(C(F)(F)F)=C1OC(C)C. The Morgan fingerprint density at radius 3 is 2.50 bits per heavy atom. The van der Waals surface area contributed by atoms with Crippen LogP contribution in [0.4, 0.5) is 13.2 Å². The number of carbonyl (C=O) groups is 1. The average Bonchev–Trinajstić information content (AvgIpc) is 2.38. The summed E-state index contributed by atoms with van der Waals surface area (Å²) in [5, 5.41) is 0. The Bertz CT molecular complexity index is 598. The molecule has 22 heavy (non-hydrogen) atoms. The van der Waals surface area contributed by atoms with Crippen LogP contribution >= 0.6 is 0 Å². The first kappa shape index (κ1) is 16.2. The molecule has 0 aromatic heterocycles. The third-order valence-corrected chi connectivity index (χ3v) is 2.92. The number of hydrogen-bond donors (Lipinski definition) is 0. The molecule has 0 N–H and O–H groups in total. The summed E-state index contributed by atoms with van der Waals surface area (Å²) in [6.45, 7) is 3.96. The van der Waals surface area contributed by atoms with Crippen molar-refractivity contribution in [2.24, 2.45) is 0 Å². The number of alkyl halides is 3. The van der Waals surface area contributed by atoms with Gasteiger partial charge in [-0.05, 0) is 26.0 Å². The molecule has 2 heterocycles. The van der Waals surface area contributed by atoms with Crippen LogP contribution in [0.2, 0.25) is 0 Å². The zero-order chi connectivity index (χ0) is 16.5. The molecule has 0 saturated carbocycles. The molecule has 0 amide bonds. The van der Waals surface area contributed by atoms with Gasteiger partial charge in [0, 0.05) is 13.1 Å². The minimum Gasteiger partial charge on any atom is -0.487 e. The fourth-order valence-corrected chi connectivity index (χ4v) is 2.14. The van der Waals surface area contributed by atoms with Gasteiger partial charge in [0.05, 0.1) is 23.9 Å². The molecular weight excluding hydrogens is 299 g/mol. The second-order valence-electron chi connectivity index (χ2n) is 5.11. The summed E-state index contributed by atoms with van der Waals surface area (Å²) in [6.07, 6.45) is 1.26. The lowest BCUT2D eigenvalue weighted by Crippen LogP contribution is -2.35. The summed E-state index contributed by atoms with van der Waals surface area (Å²) in [7, 11) is 0. The first-order valence-electron chi connectivity index (χ1n) is 6.71. The molecule has 120 valence electrons.